The van der Waals surface area contributed by atoms with Gasteiger partial charge in [-0.15, -0.1) is 11.3 Å². The first-order chi connectivity index (χ1) is 13.5. The Balaban J connectivity index is 1.64. The summed E-state index contributed by atoms with van der Waals surface area (Å²) in [7, 11) is 5.00. The average molecular weight is 418 g/mol. The number of ether oxygens (including phenoxy) is 2. The number of amides is 1. The van der Waals surface area contributed by atoms with Crippen LogP contribution in [0.1, 0.15) is 20.9 Å². The maximum absolute atomic E-state index is 13.1. The summed E-state index contributed by atoms with van der Waals surface area (Å²) in [6.07, 6.45) is 0.826. The van der Waals surface area contributed by atoms with Gasteiger partial charge in [-0.1, -0.05) is 11.6 Å². The minimum absolute atomic E-state index is 0.0453. The van der Waals surface area contributed by atoms with E-state index in [2.05, 4.69) is 5.10 Å². The van der Waals surface area contributed by atoms with Gasteiger partial charge in [0.25, 0.3) is 5.91 Å². The zero-order valence-electron chi connectivity index (χ0n) is 15.9. The molecule has 4 rings (SSSR count). The molecule has 8 heteroatoms. The van der Waals surface area contributed by atoms with Gasteiger partial charge in [-0.3, -0.25) is 9.48 Å². The molecule has 146 valence electrons. The van der Waals surface area contributed by atoms with Crippen molar-refractivity contribution in [3.05, 3.63) is 50.8 Å². The molecule has 0 saturated heterocycles. The Morgan fingerprint density at radius 1 is 1.21 bits per heavy atom. The molecule has 3 aromatic rings. The van der Waals surface area contributed by atoms with Crippen LogP contribution in [0.5, 0.6) is 11.5 Å². The van der Waals surface area contributed by atoms with E-state index in [-0.39, 0.29) is 5.91 Å². The van der Waals surface area contributed by atoms with Gasteiger partial charge in [0.1, 0.15) is 17.2 Å². The van der Waals surface area contributed by atoms with Crippen molar-refractivity contribution < 1.29 is 14.3 Å². The molecule has 1 aromatic carbocycles. The van der Waals surface area contributed by atoms with Crippen LogP contribution in [0.3, 0.4) is 0 Å². The summed E-state index contributed by atoms with van der Waals surface area (Å²) in [6, 6.07) is 9.27. The number of carbonyl (C=O) groups is 1. The van der Waals surface area contributed by atoms with Crippen LogP contribution in [0.4, 0.5) is 0 Å². The first-order valence-corrected chi connectivity index (χ1v) is 10.0. The van der Waals surface area contributed by atoms with Crippen molar-refractivity contribution in [1.29, 1.82) is 0 Å². The Morgan fingerprint density at radius 3 is 2.79 bits per heavy atom. The molecule has 3 heterocycles. The van der Waals surface area contributed by atoms with E-state index in [0.29, 0.717) is 36.0 Å². The highest BCUT2D eigenvalue weighted by Crippen LogP contribution is 2.34. The number of hydrogen-bond acceptors (Lipinski definition) is 5. The van der Waals surface area contributed by atoms with Gasteiger partial charge in [0, 0.05) is 30.6 Å². The summed E-state index contributed by atoms with van der Waals surface area (Å²) in [5, 5.41) is 4.54. The molecule has 0 unspecified atom stereocenters. The zero-order valence-corrected chi connectivity index (χ0v) is 17.4. The minimum Gasteiger partial charge on any atom is -0.497 e. The van der Waals surface area contributed by atoms with Crippen molar-refractivity contribution in [2.75, 3.05) is 20.8 Å². The zero-order chi connectivity index (χ0) is 19.8. The van der Waals surface area contributed by atoms with Crippen molar-refractivity contribution in [3.63, 3.8) is 0 Å². The predicted molar refractivity (Wildman–Crippen MR) is 110 cm³/mol. The highest BCUT2D eigenvalue weighted by Gasteiger charge is 2.26. The molecule has 1 aliphatic heterocycles. The van der Waals surface area contributed by atoms with Gasteiger partial charge in [0.2, 0.25) is 0 Å². The number of benzene rings is 1. The Morgan fingerprint density at radius 2 is 2.04 bits per heavy atom. The summed E-state index contributed by atoms with van der Waals surface area (Å²) in [4.78, 5) is 16.2. The number of aryl methyl sites for hydroxylation is 1. The van der Waals surface area contributed by atoms with Gasteiger partial charge >= 0.3 is 0 Å². The number of nitrogens with zero attached hydrogens (tertiary/aromatic N) is 3. The van der Waals surface area contributed by atoms with Gasteiger partial charge in [-0.05, 0) is 42.3 Å². The third-order valence-corrected chi connectivity index (χ3v) is 6.27. The molecule has 0 fully saturated rings. The standard InChI is InChI=1S/C20H20ClN3O3S/c1-23-16(20(25)24-7-6-18-12(11-24)8-19(21)28-18)10-15(22-23)14-9-13(26-2)4-5-17(14)27-3/h4-5,8-10H,6-7,11H2,1-3H3. The number of halogens is 1. The summed E-state index contributed by atoms with van der Waals surface area (Å²) < 4.78 is 13.2. The molecular weight excluding hydrogens is 398 g/mol. The van der Waals surface area contributed by atoms with E-state index < -0.39 is 0 Å². The Kier molecular flexibility index (Phi) is 5.03. The van der Waals surface area contributed by atoms with Gasteiger partial charge in [0.05, 0.1) is 24.2 Å². The lowest BCUT2D eigenvalue weighted by molar-refractivity contribution is 0.0724. The van der Waals surface area contributed by atoms with E-state index in [4.69, 9.17) is 21.1 Å². The molecular formula is C20H20ClN3O3S. The molecule has 0 aliphatic carbocycles. The maximum Gasteiger partial charge on any atom is 0.272 e. The van der Waals surface area contributed by atoms with E-state index in [1.807, 2.05) is 29.2 Å². The molecule has 6 nitrogen and oxygen atoms in total. The fourth-order valence-electron chi connectivity index (χ4n) is 3.45. The van der Waals surface area contributed by atoms with E-state index in [1.165, 1.54) is 4.88 Å². The molecule has 0 saturated carbocycles. The molecule has 0 atom stereocenters. The summed E-state index contributed by atoms with van der Waals surface area (Å²) >= 11 is 7.72. The van der Waals surface area contributed by atoms with Gasteiger partial charge in [-0.2, -0.15) is 5.10 Å². The van der Waals surface area contributed by atoms with Crippen molar-refractivity contribution in [1.82, 2.24) is 14.7 Å². The molecule has 1 amide bonds. The minimum atomic E-state index is -0.0453. The van der Waals surface area contributed by atoms with Crippen molar-refractivity contribution in [3.8, 4) is 22.8 Å². The number of methoxy groups -OCH3 is 2. The monoisotopic (exact) mass is 417 g/mol. The van der Waals surface area contributed by atoms with Crippen LogP contribution in [0.25, 0.3) is 11.3 Å². The SMILES string of the molecule is COc1ccc(OC)c(-c2cc(C(=O)N3CCc4sc(Cl)cc4C3)n(C)n2)c1. The van der Waals surface area contributed by atoms with Crippen LogP contribution in [-0.2, 0) is 20.0 Å². The lowest BCUT2D eigenvalue weighted by Gasteiger charge is -2.26. The predicted octanol–water partition coefficient (Wildman–Crippen LogP) is 4.02. The fraction of sp³-hybridized carbons (Fsp3) is 0.300. The van der Waals surface area contributed by atoms with Crippen LogP contribution >= 0.6 is 22.9 Å². The first kappa shape index (κ1) is 18.8. The Labute approximate surface area is 172 Å². The maximum atomic E-state index is 13.1. The third kappa shape index (κ3) is 3.36. The largest absolute Gasteiger partial charge is 0.497 e. The van der Waals surface area contributed by atoms with Gasteiger partial charge < -0.3 is 14.4 Å². The van der Waals surface area contributed by atoms with Crippen LogP contribution in [0, 0.1) is 0 Å². The number of aromatic nitrogens is 2. The van der Waals surface area contributed by atoms with E-state index in [1.54, 1.807) is 43.4 Å². The van der Waals surface area contributed by atoms with E-state index in [0.717, 1.165) is 21.9 Å². The molecule has 28 heavy (non-hydrogen) atoms. The number of rotatable bonds is 4. The lowest BCUT2D eigenvalue weighted by Crippen LogP contribution is -2.36. The molecule has 2 aromatic heterocycles. The van der Waals surface area contributed by atoms with Gasteiger partial charge in [-0.25, -0.2) is 0 Å². The Bertz CT molecular complexity index is 1040. The molecule has 1 aliphatic rings. The van der Waals surface area contributed by atoms with Crippen LogP contribution in [0.2, 0.25) is 4.34 Å². The highest BCUT2D eigenvalue weighted by molar-refractivity contribution is 7.16. The summed E-state index contributed by atoms with van der Waals surface area (Å²) in [5.74, 6) is 1.33. The van der Waals surface area contributed by atoms with Crippen molar-refractivity contribution in [2.45, 2.75) is 13.0 Å². The quantitative estimate of drug-likeness (QED) is 0.643. The summed E-state index contributed by atoms with van der Waals surface area (Å²) in [5.41, 5.74) is 3.11. The second-order valence-corrected chi connectivity index (χ2v) is 8.35. The lowest BCUT2D eigenvalue weighted by atomic mass is 10.1. The molecule has 0 N–H and O–H groups in total. The fourth-order valence-corrected chi connectivity index (χ4v) is 4.74. The average Bonchev–Trinajstić information content (AvgIpc) is 3.27. The summed E-state index contributed by atoms with van der Waals surface area (Å²) in [6.45, 7) is 1.24. The number of carbonyl (C=O) groups excluding carboxylic acids is 1. The van der Waals surface area contributed by atoms with E-state index >= 15 is 0 Å². The van der Waals surface area contributed by atoms with Crippen molar-refractivity contribution >= 4 is 28.8 Å². The van der Waals surface area contributed by atoms with E-state index in [9.17, 15) is 4.79 Å². The number of hydrogen-bond donors (Lipinski definition) is 0. The van der Waals surface area contributed by atoms with Crippen molar-refractivity contribution in [2.24, 2.45) is 7.05 Å². The first-order valence-electron chi connectivity index (χ1n) is 8.83. The van der Waals surface area contributed by atoms with Crippen LogP contribution < -0.4 is 9.47 Å². The molecule has 0 spiro atoms. The third-order valence-electron chi connectivity index (χ3n) is 4.91. The van der Waals surface area contributed by atoms with Gasteiger partial charge in [0.15, 0.2) is 0 Å². The second-order valence-electron chi connectivity index (χ2n) is 6.58. The van der Waals surface area contributed by atoms with Crippen LogP contribution in [0.15, 0.2) is 30.3 Å². The van der Waals surface area contributed by atoms with Crippen LogP contribution in [-0.4, -0.2) is 41.4 Å². The highest BCUT2D eigenvalue weighted by atomic mass is 35.5. The molecule has 0 bridgehead atoms. The smallest absolute Gasteiger partial charge is 0.272 e. The normalized spacial score (nSPS) is 13.4. The number of fused-ring (bicyclic) bond motifs is 1. The topological polar surface area (TPSA) is 56.6 Å². The molecule has 0 radical (unpaired) electrons. The second kappa shape index (κ2) is 7.48. The Hall–Kier alpha value is -2.51. The number of thiophene rings is 1.